The second kappa shape index (κ2) is 29.7. The van der Waals surface area contributed by atoms with E-state index in [0.29, 0.717) is 37.6 Å². The summed E-state index contributed by atoms with van der Waals surface area (Å²) in [5, 5.41) is 83.3. The number of carbonyl (C=O) groups is 3. The van der Waals surface area contributed by atoms with Gasteiger partial charge in [0.1, 0.15) is 34.5 Å². The fourth-order valence-electron chi connectivity index (χ4n) is 9.48. The van der Waals surface area contributed by atoms with E-state index in [2.05, 4.69) is 82.4 Å². The standard InChI is InChI=1S/C23H23FN6O3.C22H22FN7O3.C20H16FN5O3.CH4/c1-12-19(31)8-14(9-20(12)32)22(33)29-21-17(24)11-27-23(30-21)28-18-10-15(26-6-5-25)7-13-3-2-4-16(13)18;1-11-18(31)6-12(7-19(11)32)21(33)29-20-15(23)10-27-22(30-20)28-17-9-13(25-5-3-24)8-16-14(17)2-4-26-16;1-10-16(27)7-11(8-17(10)28)19(29)25-18-13(21)9-23-20(26-18)24-15-4-2-3-14-12(15)5-6-22-14;/h2-3,7-11,26,31-32H,4-6,25H2,1H3,(H2,27,28,29,30,33);2,4,6-10,25-26,31-32H,3,5,24H2,1H3,(H2,27,28,29,30,33);2-9,22,27-28H,1H3,(H2,23,24,25,26,29);1H4. The zero-order valence-electron chi connectivity index (χ0n) is 50.6. The summed E-state index contributed by atoms with van der Waals surface area (Å²) in [6, 6.07) is 24.0. The van der Waals surface area contributed by atoms with Gasteiger partial charge in [0.2, 0.25) is 17.8 Å². The maximum Gasteiger partial charge on any atom is 0.257 e. The molecular weight excluding hydrogens is 1250 g/mol. The summed E-state index contributed by atoms with van der Waals surface area (Å²) in [6.07, 6.45) is 11.2. The Morgan fingerprint density at radius 3 is 1.32 bits per heavy atom. The van der Waals surface area contributed by atoms with Crippen LogP contribution in [-0.4, -0.2) is 114 Å². The number of fused-ring (bicyclic) bond motifs is 3. The van der Waals surface area contributed by atoms with E-state index < -0.39 is 35.2 Å². The normalized spacial score (nSPS) is 11.1. The number of nitrogens with zero attached hydrogens (tertiary/aromatic N) is 6. The summed E-state index contributed by atoms with van der Waals surface area (Å²) in [7, 11) is 0. The zero-order chi connectivity index (χ0) is 67.6. The molecule has 12 rings (SSSR count). The molecule has 0 radical (unpaired) electrons. The van der Waals surface area contributed by atoms with Crippen molar-refractivity contribution in [2.75, 3.05) is 68.7 Å². The van der Waals surface area contributed by atoms with Crippen molar-refractivity contribution < 1.29 is 58.2 Å². The highest BCUT2D eigenvalue weighted by Crippen LogP contribution is 2.36. The lowest BCUT2D eigenvalue weighted by atomic mass is 10.1. The van der Waals surface area contributed by atoms with Crippen molar-refractivity contribution in [3.05, 3.63) is 190 Å². The molecule has 0 bridgehead atoms. The molecule has 27 nitrogen and oxygen atoms in total. The van der Waals surface area contributed by atoms with Crippen molar-refractivity contribution >= 4 is 109 Å². The number of nitrogens with two attached hydrogens (primary N) is 2. The number of amides is 3. The van der Waals surface area contributed by atoms with Crippen LogP contribution in [0.25, 0.3) is 27.9 Å². The molecule has 0 spiro atoms. The summed E-state index contributed by atoms with van der Waals surface area (Å²) >= 11 is 0. The van der Waals surface area contributed by atoms with E-state index in [4.69, 9.17) is 11.5 Å². The van der Waals surface area contributed by atoms with E-state index in [1.807, 2.05) is 66.7 Å². The predicted molar refractivity (Wildman–Crippen MR) is 361 cm³/mol. The number of H-pyrrole nitrogens is 2. The molecule has 11 aromatic rings. The lowest BCUT2D eigenvalue weighted by Crippen LogP contribution is -2.15. The molecule has 0 saturated carbocycles. The number of phenols is 6. The number of benzene rings is 6. The summed E-state index contributed by atoms with van der Waals surface area (Å²) in [5.41, 5.74) is 19.3. The van der Waals surface area contributed by atoms with Gasteiger partial charge >= 0.3 is 0 Å². The largest absolute Gasteiger partial charge is 0.508 e. The minimum absolute atomic E-state index is 0. The van der Waals surface area contributed by atoms with Gasteiger partial charge in [0.25, 0.3) is 17.7 Å². The number of aromatic hydroxyl groups is 6. The maximum atomic E-state index is 14.3. The third-order valence-electron chi connectivity index (χ3n) is 14.6. The maximum absolute atomic E-state index is 14.3. The quantitative estimate of drug-likeness (QED) is 0.0379. The monoisotopic (exact) mass is 1310 g/mol. The first kappa shape index (κ1) is 67.7. The van der Waals surface area contributed by atoms with Gasteiger partial charge in [-0.15, -0.1) is 0 Å². The van der Waals surface area contributed by atoms with E-state index >= 15 is 0 Å². The number of aromatic nitrogens is 8. The molecule has 30 heteroatoms. The summed E-state index contributed by atoms with van der Waals surface area (Å²) in [4.78, 5) is 67.7. The number of allylic oxidation sites excluding steroid dienone is 1. The van der Waals surface area contributed by atoms with Crippen LogP contribution in [0.4, 0.5) is 76.9 Å². The first-order valence-corrected chi connectivity index (χ1v) is 28.9. The number of halogens is 3. The average Bonchev–Trinajstić information content (AvgIpc) is 1.49. The van der Waals surface area contributed by atoms with Crippen molar-refractivity contribution in [3.63, 3.8) is 0 Å². The molecule has 96 heavy (non-hydrogen) atoms. The number of nitrogens with one attached hydrogen (secondary N) is 10. The molecule has 20 N–H and O–H groups in total. The van der Waals surface area contributed by atoms with Crippen LogP contribution >= 0.6 is 0 Å². The Hall–Kier alpha value is -12.7. The van der Waals surface area contributed by atoms with Gasteiger partial charge in [-0.25, -0.2) is 28.1 Å². The molecule has 494 valence electrons. The van der Waals surface area contributed by atoms with Gasteiger partial charge in [0.05, 0.1) is 30.0 Å². The molecule has 6 aromatic carbocycles. The number of anilines is 11. The number of carbonyl (C=O) groups excluding carboxylic acids is 3. The minimum atomic E-state index is -0.848. The van der Waals surface area contributed by atoms with E-state index in [1.165, 1.54) is 57.2 Å². The molecule has 0 unspecified atom stereocenters. The Kier molecular flexibility index (Phi) is 21.0. The van der Waals surface area contributed by atoms with Gasteiger partial charge in [-0.3, -0.25) is 14.4 Å². The fourth-order valence-corrected chi connectivity index (χ4v) is 9.48. The van der Waals surface area contributed by atoms with Crippen LogP contribution < -0.4 is 54.0 Å². The Bertz CT molecular complexity index is 4710. The molecule has 1 aliphatic carbocycles. The fraction of sp³-hybridized carbons (Fsp3) is 0.136. The smallest absolute Gasteiger partial charge is 0.257 e. The van der Waals surface area contributed by atoms with Gasteiger partial charge in [-0.1, -0.05) is 25.6 Å². The summed E-state index contributed by atoms with van der Waals surface area (Å²) < 4.78 is 42.8. The third-order valence-corrected chi connectivity index (χ3v) is 14.6. The Labute approximate surface area is 544 Å². The van der Waals surface area contributed by atoms with Crippen LogP contribution in [0.3, 0.4) is 0 Å². The third kappa shape index (κ3) is 15.8. The van der Waals surface area contributed by atoms with Crippen LogP contribution in [0, 0.1) is 38.2 Å². The van der Waals surface area contributed by atoms with Gasteiger partial charge in [0, 0.05) is 111 Å². The Morgan fingerprint density at radius 2 is 0.885 bits per heavy atom. The van der Waals surface area contributed by atoms with Crippen molar-refractivity contribution in [1.82, 2.24) is 39.9 Å². The Morgan fingerprint density at radius 1 is 0.500 bits per heavy atom. The number of hydrogen-bond acceptors (Lipinski definition) is 22. The van der Waals surface area contributed by atoms with Crippen LogP contribution in [0.15, 0.2) is 128 Å². The second-order valence-electron chi connectivity index (χ2n) is 21.2. The lowest BCUT2D eigenvalue weighted by molar-refractivity contribution is 0.101. The number of hydrogen-bond donors (Lipinski definition) is 18. The second-order valence-corrected chi connectivity index (χ2v) is 21.2. The van der Waals surface area contributed by atoms with E-state index in [-0.39, 0.29) is 111 Å². The topological polar surface area (TPSA) is 430 Å². The highest BCUT2D eigenvalue weighted by atomic mass is 19.1. The molecule has 5 aromatic heterocycles. The zero-order valence-corrected chi connectivity index (χ0v) is 50.6. The van der Waals surface area contributed by atoms with Crippen LogP contribution in [-0.2, 0) is 6.42 Å². The van der Waals surface area contributed by atoms with Crippen molar-refractivity contribution in [2.45, 2.75) is 34.6 Å². The van der Waals surface area contributed by atoms with Gasteiger partial charge in [-0.05, 0) is 123 Å². The molecule has 5 heterocycles. The summed E-state index contributed by atoms with van der Waals surface area (Å²) in [6.45, 7) is 6.63. The van der Waals surface area contributed by atoms with Gasteiger partial charge < -0.3 is 94.6 Å². The molecular formula is C66H65F3N18O9. The number of aromatic amines is 2. The van der Waals surface area contributed by atoms with Crippen LogP contribution in [0.1, 0.15) is 66.3 Å². The highest BCUT2D eigenvalue weighted by molar-refractivity contribution is 6.06. The predicted octanol–water partition coefficient (Wildman–Crippen LogP) is 10.9. The number of phenolic OH excluding ortho intramolecular Hbond substituents is 6. The van der Waals surface area contributed by atoms with Crippen LogP contribution in [0.2, 0.25) is 0 Å². The molecule has 0 atom stereocenters. The molecule has 1 aliphatic rings. The molecule has 3 amide bonds. The van der Waals surface area contributed by atoms with Crippen molar-refractivity contribution in [3.8, 4) is 34.5 Å². The molecule has 0 saturated heterocycles. The van der Waals surface area contributed by atoms with E-state index in [0.717, 1.165) is 75.0 Å². The number of rotatable bonds is 18. The van der Waals surface area contributed by atoms with Gasteiger partial charge in [-0.2, -0.15) is 15.0 Å². The highest BCUT2D eigenvalue weighted by Gasteiger charge is 2.21. The first-order valence-electron chi connectivity index (χ1n) is 28.9. The van der Waals surface area contributed by atoms with Crippen LogP contribution in [0.5, 0.6) is 34.5 Å². The lowest BCUT2D eigenvalue weighted by Gasteiger charge is -2.15. The Balaban J connectivity index is 0.000000169. The SMILES string of the molecule is C.Cc1c(O)cc(C(=O)Nc2nc(Nc3cc(NCCN)cc4[nH]ccc34)ncc2F)cc1O.Cc1c(O)cc(C(=O)Nc2nc(Nc3cc(NCCN)cc4c3CC=C4)ncc2F)cc1O.Cc1c(O)cc(C(=O)Nc2nc(Nc3cccc4[nH]ccc34)ncc2F)cc1O. The summed E-state index contributed by atoms with van der Waals surface area (Å²) in [5.74, 6) is -7.10. The first-order chi connectivity index (χ1) is 45.6. The molecule has 0 aliphatic heterocycles. The molecule has 0 fully saturated rings. The van der Waals surface area contributed by atoms with Crippen molar-refractivity contribution in [2.24, 2.45) is 11.5 Å². The van der Waals surface area contributed by atoms with Gasteiger partial charge in [0.15, 0.2) is 34.9 Å². The van der Waals surface area contributed by atoms with Crippen molar-refractivity contribution in [1.29, 1.82) is 0 Å². The van der Waals surface area contributed by atoms with E-state index in [9.17, 15) is 58.2 Å². The average molecular weight is 1310 g/mol. The van der Waals surface area contributed by atoms with E-state index in [1.54, 1.807) is 12.4 Å². The minimum Gasteiger partial charge on any atom is -0.508 e.